The minimum atomic E-state index is 0.483. The van der Waals surface area contributed by atoms with Crippen LogP contribution >= 0.6 is 0 Å². The minimum Gasteiger partial charge on any atom is -0.479 e. The first-order valence-corrected chi connectivity index (χ1v) is 3.49. The molecule has 0 aromatic heterocycles. The lowest BCUT2D eigenvalue weighted by Crippen LogP contribution is -2.01. The van der Waals surface area contributed by atoms with Gasteiger partial charge in [-0.05, 0) is 18.2 Å². The number of hydrogen-bond acceptors (Lipinski definition) is 4. The van der Waals surface area contributed by atoms with Gasteiger partial charge in [0.2, 0.25) is 0 Å². The topological polar surface area (TPSA) is 42.8 Å². The number of rotatable bonds is 0. The summed E-state index contributed by atoms with van der Waals surface area (Å²) < 4.78 is 4.69. The summed E-state index contributed by atoms with van der Waals surface area (Å²) in [6.07, 6.45) is 12.0. The summed E-state index contributed by atoms with van der Waals surface area (Å²) in [7, 11) is 0. The Kier molecular flexibility index (Phi) is 4.21. The van der Waals surface area contributed by atoms with Crippen molar-refractivity contribution in [2.24, 2.45) is 4.99 Å². The highest BCUT2D eigenvalue weighted by molar-refractivity contribution is 5.70. The van der Waals surface area contributed by atoms with E-state index in [9.17, 15) is 0 Å². The molecule has 0 amide bonds. The van der Waals surface area contributed by atoms with E-state index in [0.717, 1.165) is 0 Å². The number of allylic oxidation sites excluding steroid dienone is 3. The first-order valence-electron chi connectivity index (χ1n) is 3.49. The molecule has 0 aliphatic carbocycles. The number of nitrogens with one attached hydrogen (secondary N) is 1. The lowest BCUT2D eigenvalue weighted by Gasteiger charge is -1.97. The Balaban J connectivity index is 0.000000120. The largest absolute Gasteiger partial charge is 0.479 e. The Morgan fingerprint density at radius 3 is 2.33 bits per heavy atom. The average molecular weight is 166 g/mol. The molecule has 0 atom stereocenters. The van der Waals surface area contributed by atoms with Crippen LogP contribution in [0.3, 0.4) is 0 Å². The van der Waals surface area contributed by atoms with E-state index in [1.54, 1.807) is 37.1 Å². The molecule has 4 nitrogen and oxygen atoms in total. The van der Waals surface area contributed by atoms with Gasteiger partial charge in [-0.2, -0.15) is 0 Å². The monoisotopic (exact) mass is 166 g/mol. The van der Waals surface area contributed by atoms with Gasteiger partial charge in [0.1, 0.15) is 6.26 Å². The second-order valence-corrected chi connectivity index (χ2v) is 1.88. The van der Waals surface area contributed by atoms with E-state index in [1.807, 2.05) is 6.08 Å². The average Bonchev–Trinajstić information content (AvgIpc) is 2.24. The smallest absolute Gasteiger partial charge is 0.178 e. The van der Waals surface area contributed by atoms with Crippen LogP contribution in [0.25, 0.3) is 0 Å². The quantitative estimate of drug-likeness (QED) is 0.586. The maximum Gasteiger partial charge on any atom is 0.178 e. The molecule has 0 unspecified atom stereocenters. The predicted octanol–water partition coefficient (Wildman–Crippen LogP) is 1.11. The van der Waals surface area contributed by atoms with Gasteiger partial charge < -0.3 is 9.57 Å². The second-order valence-electron chi connectivity index (χ2n) is 1.88. The Morgan fingerprint density at radius 1 is 1.17 bits per heavy atom. The normalized spacial score (nSPS) is 16.7. The van der Waals surface area contributed by atoms with E-state index >= 15 is 0 Å². The molecule has 0 aromatic carbocycles. The fraction of sp³-hybridized carbons (Fsp3) is 0.125. The molecule has 2 heterocycles. The van der Waals surface area contributed by atoms with Crippen molar-refractivity contribution in [3.63, 3.8) is 0 Å². The molecule has 0 radical (unpaired) electrons. The molecule has 2 aliphatic rings. The van der Waals surface area contributed by atoms with Crippen molar-refractivity contribution in [3.05, 3.63) is 37.0 Å². The van der Waals surface area contributed by atoms with Crippen LogP contribution in [-0.4, -0.2) is 12.9 Å². The fourth-order valence-corrected chi connectivity index (χ4v) is 0.539. The van der Waals surface area contributed by atoms with Crippen LogP contribution in [0.1, 0.15) is 0 Å². The molecule has 0 saturated carbocycles. The van der Waals surface area contributed by atoms with E-state index in [1.165, 1.54) is 0 Å². The van der Waals surface area contributed by atoms with E-state index in [2.05, 4.69) is 15.3 Å². The number of aliphatic imine (C=N–C) groups is 1. The highest BCUT2D eigenvalue weighted by Gasteiger charge is 1.75. The number of nitrogens with zero attached hydrogens (tertiary/aromatic N) is 1. The van der Waals surface area contributed by atoms with Gasteiger partial charge >= 0.3 is 0 Å². The Hall–Kier alpha value is -1.71. The summed E-state index contributed by atoms with van der Waals surface area (Å²) in [5, 5.41) is 0. The van der Waals surface area contributed by atoms with Gasteiger partial charge in [0.05, 0.1) is 6.26 Å². The Morgan fingerprint density at radius 2 is 2.17 bits per heavy atom. The lowest BCUT2D eigenvalue weighted by molar-refractivity contribution is 0.172. The van der Waals surface area contributed by atoms with Crippen molar-refractivity contribution in [1.29, 1.82) is 0 Å². The lowest BCUT2D eigenvalue weighted by atomic mass is 10.6. The third-order valence-corrected chi connectivity index (χ3v) is 1.01. The van der Waals surface area contributed by atoms with Gasteiger partial charge in [0, 0.05) is 12.4 Å². The van der Waals surface area contributed by atoms with Gasteiger partial charge in [-0.1, -0.05) is 0 Å². The van der Waals surface area contributed by atoms with Crippen LogP contribution in [0, 0.1) is 0 Å². The van der Waals surface area contributed by atoms with Crippen LogP contribution in [-0.2, 0) is 9.57 Å². The second kappa shape index (κ2) is 6.03. The molecule has 0 aromatic rings. The Labute approximate surface area is 70.8 Å². The molecule has 0 spiro atoms. The van der Waals surface area contributed by atoms with Gasteiger partial charge in [-0.25, -0.2) is 5.48 Å². The summed E-state index contributed by atoms with van der Waals surface area (Å²) in [6, 6.07) is 0. The predicted molar refractivity (Wildman–Crippen MR) is 46.1 cm³/mol. The summed E-state index contributed by atoms with van der Waals surface area (Å²) in [5.74, 6) is 0. The molecule has 2 rings (SSSR count). The number of hydrogen-bond donors (Lipinski definition) is 1. The van der Waals surface area contributed by atoms with Gasteiger partial charge in [0.15, 0.2) is 6.73 Å². The van der Waals surface area contributed by atoms with Crippen molar-refractivity contribution in [2.75, 3.05) is 6.73 Å². The fourth-order valence-electron chi connectivity index (χ4n) is 0.539. The molecular weight excluding hydrogens is 156 g/mol. The van der Waals surface area contributed by atoms with Crippen LogP contribution in [0.15, 0.2) is 41.9 Å². The van der Waals surface area contributed by atoms with Crippen LogP contribution in [0.4, 0.5) is 0 Å². The summed E-state index contributed by atoms with van der Waals surface area (Å²) >= 11 is 0. The van der Waals surface area contributed by atoms with Gasteiger partial charge in [0.25, 0.3) is 0 Å². The molecule has 1 N–H and O–H groups in total. The van der Waals surface area contributed by atoms with Crippen LogP contribution < -0.4 is 5.48 Å². The van der Waals surface area contributed by atoms with Crippen LogP contribution in [0.5, 0.6) is 0 Å². The van der Waals surface area contributed by atoms with E-state index in [0.29, 0.717) is 6.73 Å². The highest BCUT2D eigenvalue weighted by atomic mass is 16.6. The third kappa shape index (κ3) is 4.16. The zero-order valence-corrected chi connectivity index (χ0v) is 6.51. The first-order chi connectivity index (χ1) is 6.00. The maximum atomic E-state index is 4.69. The summed E-state index contributed by atoms with van der Waals surface area (Å²) in [4.78, 5) is 8.30. The molecule has 0 saturated heterocycles. The standard InChI is InChI=1S/2C4H5NO/c1-2-5-4-6-3-1;1-2-4-6-5-3-1/h1-3H,4H2;1-5H. The summed E-state index contributed by atoms with van der Waals surface area (Å²) in [6.45, 7) is 0.483. The molecule has 2 aliphatic heterocycles. The highest BCUT2D eigenvalue weighted by Crippen LogP contribution is 1.82. The first kappa shape index (κ1) is 8.39. The maximum absolute atomic E-state index is 4.69. The van der Waals surface area contributed by atoms with E-state index < -0.39 is 0 Å². The summed E-state index contributed by atoms with van der Waals surface area (Å²) in [5.41, 5.74) is 2.52. The van der Waals surface area contributed by atoms with Crippen molar-refractivity contribution < 1.29 is 9.57 Å². The molecule has 0 fully saturated rings. The minimum absolute atomic E-state index is 0.483. The number of ether oxygens (including phenoxy) is 1. The SMILES string of the molecule is C1=CNOC=C1.C1=COCN=C1. The zero-order chi connectivity index (χ0) is 8.49. The third-order valence-electron chi connectivity index (χ3n) is 1.01. The molecular formula is C8H10N2O2. The van der Waals surface area contributed by atoms with E-state index in [-0.39, 0.29) is 0 Å². The molecule has 4 heteroatoms. The van der Waals surface area contributed by atoms with Crippen molar-refractivity contribution in [3.8, 4) is 0 Å². The van der Waals surface area contributed by atoms with E-state index in [4.69, 9.17) is 4.74 Å². The van der Waals surface area contributed by atoms with Crippen molar-refractivity contribution in [1.82, 2.24) is 5.48 Å². The van der Waals surface area contributed by atoms with Gasteiger partial charge in [-0.3, -0.25) is 4.99 Å². The zero-order valence-electron chi connectivity index (χ0n) is 6.51. The van der Waals surface area contributed by atoms with Crippen LogP contribution in [0.2, 0.25) is 0 Å². The molecule has 0 bridgehead atoms. The van der Waals surface area contributed by atoms with Crippen molar-refractivity contribution in [2.45, 2.75) is 0 Å². The number of hydroxylamine groups is 1. The van der Waals surface area contributed by atoms with Crippen molar-refractivity contribution >= 4 is 6.21 Å². The molecule has 64 valence electrons. The van der Waals surface area contributed by atoms with Gasteiger partial charge in [-0.15, -0.1) is 0 Å². The Bertz CT molecular complexity index is 171. The molecule has 12 heavy (non-hydrogen) atoms.